The summed E-state index contributed by atoms with van der Waals surface area (Å²) in [6.07, 6.45) is 4.12. The summed E-state index contributed by atoms with van der Waals surface area (Å²) in [5.74, 6) is 0.996. The van der Waals surface area contributed by atoms with Crippen molar-refractivity contribution in [1.82, 2.24) is 29.5 Å². The van der Waals surface area contributed by atoms with E-state index in [4.69, 9.17) is 4.74 Å². The van der Waals surface area contributed by atoms with Crippen LogP contribution < -0.4 is 0 Å². The standard InChI is InChI=1S/C16H20N6O2/c1-16(2,3)24-15(23)21-7-5-10(9-21)14-20-19-12-8-18-13-11(22(12)14)4-6-17-13/h4,6,8,10,17H,5,7,9H2,1-3H3/t10-/m1/s1. The molecule has 4 heterocycles. The molecule has 0 spiro atoms. The molecule has 0 aliphatic carbocycles. The number of likely N-dealkylation sites (tertiary alicyclic amines) is 1. The highest BCUT2D eigenvalue weighted by atomic mass is 16.6. The average molecular weight is 328 g/mol. The highest BCUT2D eigenvalue weighted by molar-refractivity contribution is 5.74. The average Bonchev–Trinajstić information content (AvgIpc) is 3.22. The third-order valence-electron chi connectivity index (χ3n) is 4.17. The number of carbonyl (C=O) groups is 1. The van der Waals surface area contributed by atoms with Crippen LogP contribution in [0.15, 0.2) is 18.5 Å². The largest absolute Gasteiger partial charge is 0.444 e. The van der Waals surface area contributed by atoms with E-state index in [1.165, 1.54) is 0 Å². The number of rotatable bonds is 1. The summed E-state index contributed by atoms with van der Waals surface area (Å²) in [6.45, 7) is 6.88. The Kier molecular flexibility index (Phi) is 3.22. The molecule has 1 amide bonds. The molecule has 1 atom stereocenters. The second-order valence-electron chi connectivity index (χ2n) is 7.13. The van der Waals surface area contributed by atoms with Crippen LogP contribution in [0.5, 0.6) is 0 Å². The normalized spacial score (nSPS) is 18.6. The SMILES string of the molecule is CC(C)(C)OC(=O)N1CC[C@@H](c2nnc3cnc4[nH]ccc4n23)C1. The monoisotopic (exact) mass is 328 g/mol. The van der Waals surface area contributed by atoms with Crippen LogP contribution in [0.2, 0.25) is 0 Å². The van der Waals surface area contributed by atoms with Crippen LogP contribution in [0.3, 0.4) is 0 Å². The molecule has 0 aromatic carbocycles. The lowest BCUT2D eigenvalue weighted by Crippen LogP contribution is -2.35. The summed E-state index contributed by atoms with van der Waals surface area (Å²) in [5.41, 5.74) is 1.97. The molecule has 3 aromatic heterocycles. The number of H-pyrrole nitrogens is 1. The van der Waals surface area contributed by atoms with Crippen LogP contribution in [0.4, 0.5) is 4.79 Å². The van der Waals surface area contributed by atoms with Gasteiger partial charge in [-0.15, -0.1) is 10.2 Å². The van der Waals surface area contributed by atoms with Gasteiger partial charge in [0.05, 0.1) is 11.7 Å². The second kappa shape index (κ2) is 5.19. The van der Waals surface area contributed by atoms with E-state index in [1.54, 1.807) is 11.1 Å². The lowest BCUT2D eigenvalue weighted by molar-refractivity contribution is 0.0292. The Bertz CT molecular complexity index is 906. The maximum absolute atomic E-state index is 12.3. The minimum absolute atomic E-state index is 0.132. The van der Waals surface area contributed by atoms with Crippen LogP contribution in [-0.2, 0) is 4.74 Å². The zero-order valence-electron chi connectivity index (χ0n) is 14.0. The van der Waals surface area contributed by atoms with Gasteiger partial charge in [0.1, 0.15) is 11.4 Å². The number of amides is 1. The topological polar surface area (TPSA) is 88.4 Å². The van der Waals surface area contributed by atoms with Crippen molar-refractivity contribution in [2.45, 2.75) is 38.7 Å². The quantitative estimate of drug-likeness (QED) is 0.740. The van der Waals surface area contributed by atoms with E-state index in [1.807, 2.05) is 37.4 Å². The Balaban J connectivity index is 1.63. The molecule has 1 saturated heterocycles. The maximum atomic E-state index is 12.3. The minimum Gasteiger partial charge on any atom is -0.444 e. The molecule has 0 radical (unpaired) electrons. The first-order valence-electron chi connectivity index (χ1n) is 8.07. The van der Waals surface area contributed by atoms with Crippen molar-refractivity contribution in [3.8, 4) is 0 Å². The number of ether oxygens (including phenoxy) is 1. The number of nitrogens with zero attached hydrogens (tertiary/aromatic N) is 5. The van der Waals surface area contributed by atoms with E-state index in [0.29, 0.717) is 18.7 Å². The highest BCUT2D eigenvalue weighted by Gasteiger charge is 2.33. The number of aromatic amines is 1. The summed E-state index contributed by atoms with van der Waals surface area (Å²) in [4.78, 5) is 21.4. The van der Waals surface area contributed by atoms with Crippen molar-refractivity contribution >= 4 is 22.9 Å². The molecule has 4 rings (SSSR count). The molecule has 3 aromatic rings. The van der Waals surface area contributed by atoms with Crippen molar-refractivity contribution in [2.75, 3.05) is 13.1 Å². The third-order valence-corrected chi connectivity index (χ3v) is 4.17. The zero-order valence-corrected chi connectivity index (χ0v) is 14.0. The smallest absolute Gasteiger partial charge is 0.410 e. The lowest BCUT2D eigenvalue weighted by Gasteiger charge is -2.24. The van der Waals surface area contributed by atoms with Crippen LogP contribution in [0, 0.1) is 0 Å². The second-order valence-corrected chi connectivity index (χ2v) is 7.13. The third kappa shape index (κ3) is 2.47. The van der Waals surface area contributed by atoms with Crippen molar-refractivity contribution in [2.24, 2.45) is 0 Å². The molecule has 8 nitrogen and oxygen atoms in total. The summed E-state index contributed by atoms with van der Waals surface area (Å²) in [5, 5.41) is 8.58. The zero-order chi connectivity index (χ0) is 16.9. The first kappa shape index (κ1) is 14.9. The summed E-state index contributed by atoms with van der Waals surface area (Å²) in [7, 11) is 0. The number of aromatic nitrogens is 5. The fraction of sp³-hybridized carbons (Fsp3) is 0.500. The molecule has 1 fully saturated rings. The summed E-state index contributed by atoms with van der Waals surface area (Å²) < 4.78 is 7.48. The predicted octanol–water partition coefficient (Wildman–Crippen LogP) is 2.33. The Hall–Kier alpha value is -2.64. The van der Waals surface area contributed by atoms with Gasteiger partial charge in [0.25, 0.3) is 0 Å². The van der Waals surface area contributed by atoms with Gasteiger partial charge < -0.3 is 14.6 Å². The molecule has 126 valence electrons. The minimum atomic E-state index is -0.486. The molecule has 8 heteroatoms. The number of nitrogens with one attached hydrogen (secondary N) is 1. The Morgan fingerprint density at radius 1 is 1.38 bits per heavy atom. The predicted molar refractivity (Wildman–Crippen MR) is 87.8 cm³/mol. The number of fused-ring (bicyclic) bond motifs is 3. The van der Waals surface area contributed by atoms with Crippen molar-refractivity contribution < 1.29 is 9.53 Å². The van der Waals surface area contributed by atoms with E-state index < -0.39 is 5.60 Å². The van der Waals surface area contributed by atoms with Gasteiger partial charge in [-0.25, -0.2) is 9.78 Å². The van der Waals surface area contributed by atoms with Gasteiger partial charge in [-0.05, 0) is 33.3 Å². The number of hydrogen-bond acceptors (Lipinski definition) is 5. The van der Waals surface area contributed by atoms with Gasteiger partial charge in [0.2, 0.25) is 0 Å². The summed E-state index contributed by atoms with van der Waals surface area (Å²) in [6, 6.07) is 1.96. The van der Waals surface area contributed by atoms with E-state index in [-0.39, 0.29) is 12.0 Å². The van der Waals surface area contributed by atoms with Crippen LogP contribution in [0.1, 0.15) is 38.9 Å². The van der Waals surface area contributed by atoms with Gasteiger partial charge in [-0.1, -0.05) is 0 Å². The van der Waals surface area contributed by atoms with Gasteiger partial charge in [-0.2, -0.15) is 0 Å². The molecule has 1 aliphatic rings. The van der Waals surface area contributed by atoms with E-state index in [0.717, 1.165) is 23.4 Å². The van der Waals surface area contributed by atoms with Gasteiger partial charge >= 0.3 is 6.09 Å². The molecular weight excluding hydrogens is 308 g/mol. The van der Waals surface area contributed by atoms with Crippen LogP contribution in [0.25, 0.3) is 16.8 Å². The molecule has 0 bridgehead atoms. The molecule has 24 heavy (non-hydrogen) atoms. The van der Waals surface area contributed by atoms with Gasteiger partial charge in [-0.3, -0.25) is 4.40 Å². The van der Waals surface area contributed by atoms with E-state index >= 15 is 0 Å². The fourth-order valence-corrected chi connectivity index (χ4v) is 3.13. The van der Waals surface area contributed by atoms with Crippen molar-refractivity contribution in [3.05, 3.63) is 24.3 Å². The van der Waals surface area contributed by atoms with Crippen LogP contribution >= 0.6 is 0 Å². The van der Waals surface area contributed by atoms with Crippen molar-refractivity contribution in [3.63, 3.8) is 0 Å². The molecule has 0 unspecified atom stereocenters. The van der Waals surface area contributed by atoms with Gasteiger partial charge in [0.15, 0.2) is 11.3 Å². The van der Waals surface area contributed by atoms with Crippen molar-refractivity contribution in [1.29, 1.82) is 0 Å². The molecule has 0 saturated carbocycles. The number of carbonyl (C=O) groups excluding carboxylic acids is 1. The highest BCUT2D eigenvalue weighted by Crippen LogP contribution is 2.28. The fourth-order valence-electron chi connectivity index (χ4n) is 3.13. The maximum Gasteiger partial charge on any atom is 0.410 e. The summed E-state index contributed by atoms with van der Waals surface area (Å²) >= 11 is 0. The first-order chi connectivity index (χ1) is 11.4. The Labute approximate surface area is 138 Å². The number of hydrogen-bond donors (Lipinski definition) is 1. The molecule has 1 aliphatic heterocycles. The lowest BCUT2D eigenvalue weighted by atomic mass is 10.1. The van der Waals surface area contributed by atoms with E-state index in [2.05, 4.69) is 20.2 Å². The van der Waals surface area contributed by atoms with Crippen LogP contribution in [-0.4, -0.2) is 54.2 Å². The van der Waals surface area contributed by atoms with Gasteiger partial charge in [0, 0.05) is 25.2 Å². The first-order valence-corrected chi connectivity index (χ1v) is 8.07. The Morgan fingerprint density at radius 3 is 3.00 bits per heavy atom. The van der Waals surface area contributed by atoms with E-state index in [9.17, 15) is 4.79 Å². The Morgan fingerprint density at radius 2 is 2.21 bits per heavy atom. The molecular formula is C16H20N6O2. The molecule has 1 N–H and O–H groups in total.